The van der Waals surface area contributed by atoms with Crippen molar-refractivity contribution in [1.82, 2.24) is 39.0 Å². The number of nitrogens with two attached hydrogens (primary N) is 2. The van der Waals surface area contributed by atoms with Crippen LogP contribution in [0.3, 0.4) is 0 Å². The third kappa shape index (κ3) is 6.10. The highest BCUT2D eigenvalue weighted by molar-refractivity contribution is 7.46. The molecule has 3 aliphatic heterocycles. The number of anilines is 2. The molecule has 50 heavy (non-hydrogen) atoms. The normalized spacial score (nSPS) is 35.0. The first-order chi connectivity index (χ1) is 23.5. The van der Waals surface area contributed by atoms with Gasteiger partial charge in [-0.15, -0.1) is 0 Å². The zero-order valence-electron chi connectivity index (χ0n) is 24.7. The molecule has 7 rings (SSSR count). The van der Waals surface area contributed by atoms with Crippen LogP contribution in [0.2, 0.25) is 0 Å². The maximum atomic E-state index is 13.1. The van der Waals surface area contributed by atoms with Crippen LogP contribution < -0.4 is 32.4 Å². The van der Waals surface area contributed by atoms with Crippen LogP contribution in [-0.2, 0) is 47.9 Å². The molecule has 3 fully saturated rings. The van der Waals surface area contributed by atoms with Gasteiger partial charge in [0, 0.05) is 0 Å². The predicted octanol–water partition coefficient (Wildman–Crippen LogP) is -4.69. The number of aliphatic hydroxyl groups excluding tert-OH is 2. The maximum Gasteiger partial charge on any atom is 0.311 e. The molecule has 0 radical (unpaired) electrons. The lowest BCUT2D eigenvalue weighted by Crippen LogP contribution is -2.41. The lowest BCUT2D eigenvalue weighted by molar-refractivity contribution is -0.244. The molecule has 26 nitrogen and oxygen atoms in total. The van der Waals surface area contributed by atoms with E-state index in [9.17, 15) is 48.6 Å². The second kappa shape index (κ2) is 12.3. The number of ether oxygens (including phenoxy) is 2. The number of carboxylic acids is 1. The minimum absolute atomic E-state index is 0.180. The van der Waals surface area contributed by atoms with Gasteiger partial charge < -0.3 is 64.1 Å². The summed E-state index contributed by atoms with van der Waals surface area (Å²) in [6.07, 6.45) is -14.5. The van der Waals surface area contributed by atoms with Crippen molar-refractivity contribution in [2.45, 2.75) is 55.5 Å². The fraction of sp³-hybridized carbons (Fsp3) is 0.500. The number of H-pyrrole nitrogens is 2. The average Bonchev–Trinajstić information content (AvgIpc) is 3.74. The Labute approximate surface area is 274 Å². The number of phosphoric ester groups is 2. The van der Waals surface area contributed by atoms with Crippen LogP contribution in [0, 0.1) is 0 Å². The summed E-state index contributed by atoms with van der Waals surface area (Å²) in [7, 11) is -11.0. The van der Waals surface area contributed by atoms with Crippen molar-refractivity contribution < 1.29 is 66.6 Å². The summed E-state index contributed by atoms with van der Waals surface area (Å²) in [5.74, 6) is -2.58. The van der Waals surface area contributed by atoms with Crippen molar-refractivity contribution in [2.24, 2.45) is 0 Å². The Morgan fingerprint density at radius 2 is 1.40 bits per heavy atom. The van der Waals surface area contributed by atoms with E-state index >= 15 is 0 Å². The largest absolute Gasteiger partial charge is 0.756 e. The zero-order valence-corrected chi connectivity index (χ0v) is 26.5. The van der Waals surface area contributed by atoms with Crippen molar-refractivity contribution in [1.29, 1.82) is 0 Å². The first kappa shape index (κ1) is 34.3. The molecule has 0 saturated carbocycles. The van der Waals surface area contributed by atoms with E-state index < -0.39 is 113 Å². The Hall–Kier alpha value is -4.17. The van der Waals surface area contributed by atoms with Gasteiger partial charge in [0.15, 0.2) is 34.8 Å². The topological polar surface area (TPSA) is 393 Å². The molecule has 0 aliphatic carbocycles. The molecule has 9 N–H and O–H groups in total. The molecular formula is C22H24N10O16P2-2. The first-order valence-corrected chi connectivity index (χ1v) is 17.1. The van der Waals surface area contributed by atoms with E-state index in [0.29, 0.717) is 0 Å². The van der Waals surface area contributed by atoms with Gasteiger partial charge in [-0.2, -0.15) is 9.97 Å². The number of nitrogens with one attached hydrogen (secondary N) is 2. The number of aliphatic hydroxyl groups is 2. The number of fused-ring (bicyclic) bond motifs is 4. The Bertz CT molecular complexity index is 2220. The molecule has 4 unspecified atom stereocenters. The van der Waals surface area contributed by atoms with Crippen molar-refractivity contribution in [2.75, 3.05) is 24.7 Å². The fourth-order valence-electron chi connectivity index (χ4n) is 5.80. The van der Waals surface area contributed by atoms with Crippen molar-refractivity contribution in [3.05, 3.63) is 32.9 Å². The zero-order chi connectivity index (χ0) is 35.9. The molecule has 7 heterocycles. The number of aromatic nitrogens is 8. The average molecular weight is 746 g/mol. The molecule has 3 saturated heterocycles. The van der Waals surface area contributed by atoms with Crippen LogP contribution in [0.4, 0.5) is 11.9 Å². The lowest BCUT2D eigenvalue weighted by Gasteiger charge is -2.34. The predicted molar refractivity (Wildman–Crippen MR) is 153 cm³/mol. The van der Waals surface area contributed by atoms with Gasteiger partial charge in [0.2, 0.25) is 11.9 Å². The Morgan fingerprint density at radius 3 is 1.98 bits per heavy atom. The van der Waals surface area contributed by atoms with Gasteiger partial charge in [-0.25, -0.2) is 9.97 Å². The molecular weight excluding hydrogens is 722 g/mol. The number of rotatable bonds is 4. The number of hydrogen-bond acceptors (Lipinski definition) is 21. The molecule has 0 aromatic carbocycles. The van der Waals surface area contributed by atoms with E-state index in [-0.39, 0.29) is 28.6 Å². The number of nitrogens with zero attached hydrogens (tertiary/aromatic N) is 6. The van der Waals surface area contributed by atoms with E-state index in [2.05, 4.69) is 29.9 Å². The van der Waals surface area contributed by atoms with E-state index in [0.717, 1.165) is 15.5 Å². The number of imidazole rings is 2. The minimum atomic E-state index is -5.49. The molecule has 0 amide bonds. The molecule has 0 spiro atoms. The third-order valence-corrected chi connectivity index (χ3v) is 9.78. The van der Waals surface area contributed by atoms with Crippen molar-refractivity contribution in [3.63, 3.8) is 0 Å². The Morgan fingerprint density at radius 1 is 0.880 bits per heavy atom. The van der Waals surface area contributed by atoms with Crippen LogP contribution in [0.15, 0.2) is 15.9 Å². The van der Waals surface area contributed by atoms with Crippen LogP contribution >= 0.6 is 15.6 Å². The van der Waals surface area contributed by atoms with Crippen LogP contribution in [-0.4, -0.2) is 110 Å². The summed E-state index contributed by atoms with van der Waals surface area (Å²) < 4.78 is 59.6. The van der Waals surface area contributed by atoms with Crippen LogP contribution in [0.25, 0.3) is 22.3 Å². The number of phosphoric acid groups is 2. The summed E-state index contributed by atoms with van der Waals surface area (Å²) in [6, 6.07) is 0. The van der Waals surface area contributed by atoms with E-state index in [4.69, 9.17) is 39.0 Å². The quantitative estimate of drug-likeness (QED) is 0.0965. The van der Waals surface area contributed by atoms with Gasteiger partial charge in [0.1, 0.15) is 48.9 Å². The summed E-state index contributed by atoms with van der Waals surface area (Å²) in [5, 5.41) is 31.8. The van der Waals surface area contributed by atoms with Gasteiger partial charge in [-0.3, -0.25) is 42.6 Å². The van der Waals surface area contributed by atoms with Gasteiger partial charge >= 0.3 is 5.97 Å². The summed E-state index contributed by atoms with van der Waals surface area (Å²) in [4.78, 5) is 82.6. The number of hydrogen-bond donors (Lipinski definition) is 7. The number of carboxylic acid groups (broad SMARTS) is 1. The Kier molecular flexibility index (Phi) is 8.40. The van der Waals surface area contributed by atoms with E-state index in [1.165, 1.54) is 0 Å². The highest BCUT2D eigenvalue weighted by atomic mass is 31.2. The maximum absolute atomic E-state index is 13.1. The van der Waals surface area contributed by atoms with Gasteiger partial charge in [-0.05, 0) is 0 Å². The molecule has 4 aromatic rings. The van der Waals surface area contributed by atoms with Gasteiger partial charge in [0.25, 0.3) is 26.8 Å². The Balaban J connectivity index is 1.20. The minimum Gasteiger partial charge on any atom is -0.756 e. The molecule has 4 aromatic heterocycles. The van der Waals surface area contributed by atoms with E-state index in [1.807, 2.05) is 0 Å². The van der Waals surface area contributed by atoms with Crippen molar-refractivity contribution in [3.8, 4) is 0 Å². The van der Waals surface area contributed by atoms with Gasteiger partial charge in [-0.1, -0.05) is 0 Å². The van der Waals surface area contributed by atoms with E-state index in [1.54, 1.807) is 0 Å². The number of carbonyl (C=O) groups is 1. The fourth-order valence-corrected chi connectivity index (χ4v) is 7.70. The molecule has 270 valence electrons. The SMILES string of the molecule is Nc1nc2c(ncn2[C@@H]2O[C@@H]3COP(=O)([O-])OC4[C@@H](COP(=O)([O-])O[C@@H]3C2O)O[C@@H](n2c(CC(=O)O)nc3c(=O)[nH]c(N)nc32)[C@H]4O)c(=O)[nH]1. The highest BCUT2D eigenvalue weighted by Crippen LogP contribution is 2.51. The molecule has 28 heteroatoms. The summed E-state index contributed by atoms with van der Waals surface area (Å²) >= 11 is 0. The monoisotopic (exact) mass is 746 g/mol. The standard InChI is InChI=1S/C22H26N10O16P2/c23-21-27-15-9(17(37)29-21)25-4-31(15)19-11(35)13-5(45-19)2-43-50(41,42)48-14-6(3-44-49(39,40)47-13)46-20(12(14)36)32-7(1-8(33)34)26-10-16(32)28-22(24)30-18(10)38/h4-6,11-14,19-20,35-36H,1-3H2,(H,33,34)(H,39,40)(H,41,42)(H3,23,27,29,37)(H3,24,28,30,38)/p-2/t5-,6-,11?,12+,13+,14?,19-,20-/m1/s1. The lowest BCUT2D eigenvalue weighted by atomic mass is 10.1. The number of aliphatic carboxylic acids is 1. The molecule has 10 atom stereocenters. The highest BCUT2D eigenvalue weighted by Gasteiger charge is 2.52. The number of aromatic amines is 2. The van der Waals surface area contributed by atoms with Crippen LogP contribution in [0.5, 0.6) is 0 Å². The summed E-state index contributed by atoms with van der Waals surface area (Å²) in [6.45, 7) is -2.10. The molecule has 0 bridgehead atoms. The number of nitrogen functional groups attached to an aromatic ring is 2. The second-order valence-electron chi connectivity index (χ2n) is 11.1. The first-order valence-electron chi connectivity index (χ1n) is 14.2. The second-order valence-corrected chi connectivity index (χ2v) is 13.8. The van der Waals surface area contributed by atoms with Crippen LogP contribution in [0.1, 0.15) is 18.3 Å². The van der Waals surface area contributed by atoms with Gasteiger partial charge in [0.05, 0.1) is 19.5 Å². The molecule has 3 aliphatic rings. The van der Waals surface area contributed by atoms with Crippen molar-refractivity contribution >= 4 is 55.8 Å². The smallest absolute Gasteiger partial charge is 0.311 e. The third-order valence-electron chi connectivity index (χ3n) is 7.84. The summed E-state index contributed by atoms with van der Waals surface area (Å²) in [5.41, 5.74) is 8.45.